The van der Waals surface area contributed by atoms with Crippen LogP contribution in [-0.2, 0) is 0 Å². The van der Waals surface area contributed by atoms with Gasteiger partial charge in [0, 0.05) is 6.04 Å². The summed E-state index contributed by atoms with van der Waals surface area (Å²) in [7, 11) is 0. The van der Waals surface area contributed by atoms with Crippen LogP contribution < -0.4 is 5.32 Å². The molecule has 0 aliphatic heterocycles. The highest BCUT2D eigenvalue weighted by Crippen LogP contribution is 2.26. The smallest absolute Gasteiger partial charge is 0.0331 e. The highest BCUT2D eigenvalue weighted by Gasteiger charge is 2.12. The van der Waals surface area contributed by atoms with Gasteiger partial charge in [0.1, 0.15) is 0 Å². The molecule has 0 radical (unpaired) electrons. The third-order valence-electron chi connectivity index (χ3n) is 3.32. The molecule has 0 aliphatic rings. The van der Waals surface area contributed by atoms with Gasteiger partial charge >= 0.3 is 0 Å². The van der Waals surface area contributed by atoms with Gasteiger partial charge in [-0.2, -0.15) is 11.3 Å². The van der Waals surface area contributed by atoms with Crippen molar-refractivity contribution >= 4 is 11.3 Å². The second kappa shape index (κ2) is 8.71. The Morgan fingerprint density at radius 3 is 2.47 bits per heavy atom. The van der Waals surface area contributed by atoms with Crippen LogP contribution in [0, 0.1) is 6.92 Å². The van der Waals surface area contributed by atoms with Crippen molar-refractivity contribution in [1.29, 1.82) is 0 Å². The quantitative estimate of drug-likeness (QED) is 0.606. The zero-order chi connectivity index (χ0) is 12.5. The van der Waals surface area contributed by atoms with Gasteiger partial charge in [0.2, 0.25) is 0 Å². The van der Waals surface area contributed by atoms with Crippen molar-refractivity contribution in [2.24, 2.45) is 0 Å². The van der Waals surface area contributed by atoms with E-state index in [2.05, 4.69) is 36.8 Å². The number of aryl methyl sites for hydroxylation is 1. The second-order valence-electron chi connectivity index (χ2n) is 4.82. The first-order valence-corrected chi connectivity index (χ1v) is 7.99. The van der Waals surface area contributed by atoms with E-state index in [1.165, 1.54) is 49.7 Å². The van der Waals surface area contributed by atoms with E-state index >= 15 is 0 Å². The fourth-order valence-corrected chi connectivity index (χ4v) is 3.20. The lowest BCUT2D eigenvalue weighted by molar-refractivity contribution is 0.478. The van der Waals surface area contributed by atoms with Gasteiger partial charge in [-0.15, -0.1) is 0 Å². The monoisotopic (exact) mass is 253 g/mol. The highest BCUT2D eigenvalue weighted by molar-refractivity contribution is 7.08. The molecule has 98 valence electrons. The molecule has 1 unspecified atom stereocenters. The fourth-order valence-electron chi connectivity index (χ4n) is 2.29. The van der Waals surface area contributed by atoms with Crippen molar-refractivity contribution in [2.75, 3.05) is 6.54 Å². The van der Waals surface area contributed by atoms with Gasteiger partial charge in [-0.1, -0.05) is 46.0 Å². The maximum atomic E-state index is 3.62. The average Bonchev–Trinajstić information content (AvgIpc) is 2.74. The molecule has 1 nitrogen and oxygen atoms in total. The van der Waals surface area contributed by atoms with E-state index in [1.54, 1.807) is 0 Å². The van der Waals surface area contributed by atoms with Gasteiger partial charge in [-0.25, -0.2) is 0 Å². The molecule has 1 heterocycles. The van der Waals surface area contributed by atoms with E-state index in [9.17, 15) is 0 Å². The van der Waals surface area contributed by atoms with Gasteiger partial charge in [0.15, 0.2) is 0 Å². The summed E-state index contributed by atoms with van der Waals surface area (Å²) in [5.74, 6) is 0. The molecule has 0 aliphatic carbocycles. The van der Waals surface area contributed by atoms with Gasteiger partial charge in [0.05, 0.1) is 0 Å². The molecule has 0 saturated carbocycles. The summed E-state index contributed by atoms with van der Waals surface area (Å²) in [5, 5.41) is 8.20. The molecular formula is C15H27NS. The summed E-state index contributed by atoms with van der Waals surface area (Å²) in [6.45, 7) is 7.77. The van der Waals surface area contributed by atoms with Crippen LogP contribution >= 0.6 is 11.3 Å². The van der Waals surface area contributed by atoms with E-state index in [-0.39, 0.29) is 0 Å². The summed E-state index contributed by atoms with van der Waals surface area (Å²) in [6.07, 6.45) is 8.16. The molecule has 1 aromatic heterocycles. The Hall–Kier alpha value is -0.340. The molecule has 0 aromatic carbocycles. The molecule has 0 spiro atoms. The zero-order valence-corrected chi connectivity index (χ0v) is 12.4. The van der Waals surface area contributed by atoms with Crippen molar-refractivity contribution in [3.63, 3.8) is 0 Å². The SMILES string of the molecule is CCCCCCCC(NCC)c1cscc1C. The molecule has 0 saturated heterocycles. The molecule has 1 aromatic rings. The summed E-state index contributed by atoms with van der Waals surface area (Å²) in [5.41, 5.74) is 2.97. The molecule has 0 bridgehead atoms. The molecule has 1 N–H and O–H groups in total. The van der Waals surface area contributed by atoms with Crippen molar-refractivity contribution in [1.82, 2.24) is 5.32 Å². The average molecular weight is 253 g/mol. The Morgan fingerprint density at radius 1 is 1.12 bits per heavy atom. The fraction of sp³-hybridized carbons (Fsp3) is 0.733. The van der Waals surface area contributed by atoms with Crippen molar-refractivity contribution in [2.45, 2.75) is 65.3 Å². The van der Waals surface area contributed by atoms with Crippen molar-refractivity contribution < 1.29 is 0 Å². The summed E-state index contributed by atoms with van der Waals surface area (Å²) >= 11 is 1.83. The van der Waals surface area contributed by atoms with Crippen LogP contribution in [-0.4, -0.2) is 6.54 Å². The summed E-state index contributed by atoms with van der Waals surface area (Å²) < 4.78 is 0. The summed E-state index contributed by atoms with van der Waals surface area (Å²) in [6, 6.07) is 0.577. The van der Waals surface area contributed by atoms with E-state index in [0.29, 0.717) is 6.04 Å². The zero-order valence-electron chi connectivity index (χ0n) is 11.6. The lowest BCUT2D eigenvalue weighted by Gasteiger charge is -2.18. The minimum atomic E-state index is 0.577. The van der Waals surface area contributed by atoms with E-state index < -0.39 is 0 Å². The largest absolute Gasteiger partial charge is 0.310 e. The Balaban J connectivity index is 2.36. The molecule has 0 amide bonds. The first-order valence-electron chi connectivity index (χ1n) is 7.05. The topological polar surface area (TPSA) is 12.0 Å². The van der Waals surface area contributed by atoms with Gasteiger partial charge < -0.3 is 5.32 Å². The Kier molecular flexibility index (Phi) is 7.54. The van der Waals surface area contributed by atoms with Gasteiger partial charge in [-0.05, 0) is 41.8 Å². The van der Waals surface area contributed by atoms with Crippen LogP contribution in [0.15, 0.2) is 10.8 Å². The van der Waals surface area contributed by atoms with Crippen LogP contribution in [0.1, 0.15) is 69.5 Å². The van der Waals surface area contributed by atoms with E-state index in [0.717, 1.165) is 6.54 Å². The molecule has 0 fully saturated rings. The third kappa shape index (κ3) is 5.22. The number of thiophene rings is 1. The molecule has 17 heavy (non-hydrogen) atoms. The number of unbranched alkanes of at least 4 members (excludes halogenated alkanes) is 4. The van der Waals surface area contributed by atoms with E-state index in [1.807, 2.05) is 11.3 Å². The molecular weight excluding hydrogens is 226 g/mol. The van der Waals surface area contributed by atoms with Gasteiger partial charge in [0.25, 0.3) is 0 Å². The Labute approximate surface area is 111 Å². The standard InChI is InChI=1S/C15H27NS/c1-4-6-7-8-9-10-15(16-5-2)14-12-17-11-13(14)3/h11-12,15-16H,4-10H2,1-3H3. The lowest BCUT2D eigenvalue weighted by atomic mass is 9.99. The van der Waals surface area contributed by atoms with Crippen LogP contribution in [0.4, 0.5) is 0 Å². The Morgan fingerprint density at radius 2 is 1.88 bits per heavy atom. The Bertz CT molecular complexity index is 293. The van der Waals surface area contributed by atoms with Crippen LogP contribution in [0.25, 0.3) is 0 Å². The molecule has 2 heteroatoms. The lowest BCUT2D eigenvalue weighted by Crippen LogP contribution is -2.21. The predicted molar refractivity (Wildman–Crippen MR) is 78.8 cm³/mol. The second-order valence-corrected chi connectivity index (χ2v) is 5.57. The van der Waals surface area contributed by atoms with Crippen molar-refractivity contribution in [3.05, 3.63) is 21.9 Å². The van der Waals surface area contributed by atoms with Crippen molar-refractivity contribution in [3.8, 4) is 0 Å². The first-order chi connectivity index (χ1) is 8.29. The molecule has 1 atom stereocenters. The minimum absolute atomic E-state index is 0.577. The third-order valence-corrected chi connectivity index (χ3v) is 4.20. The maximum Gasteiger partial charge on any atom is 0.0331 e. The number of hydrogen-bond donors (Lipinski definition) is 1. The van der Waals surface area contributed by atoms with Crippen LogP contribution in [0.2, 0.25) is 0 Å². The maximum absolute atomic E-state index is 3.62. The number of nitrogens with one attached hydrogen (secondary N) is 1. The van der Waals surface area contributed by atoms with Crippen LogP contribution in [0.3, 0.4) is 0 Å². The van der Waals surface area contributed by atoms with E-state index in [4.69, 9.17) is 0 Å². The number of rotatable bonds is 9. The normalized spacial score (nSPS) is 12.9. The first kappa shape index (κ1) is 14.7. The van der Waals surface area contributed by atoms with Gasteiger partial charge in [-0.3, -0.25) is 0 Å². The molecule has 1 rings (SSSR count). The minimum Gasteiger partial charge on any atom is -0.310 e. The highest BCUT2D eigenvalue weighted by atomic mass is 32.1. The predicted octanol–water partition coefficient (Wildman–Crippen LogP) is 5.07. The summed E-state index contributed by atoms with van der Waals surface area (Å²) in [4.78, 5) is 0. The van der Waals surface area contributed by atoms with Crippen LogP contribution in [0.5, 0.6) is 0 Å². The number of hydrogen-bond acceptors (Lipinski definition) is 2.